The van der Waals surface area contributed by atoms with Crippen LogP contribution in [0.15, 0.2) is 24.5 Å². The van der Waals surface area contributed by atoms with Gasteiger partial charge >= 0.3 is 0 Å². The van der Waals surface area contributed by atoms with Crippen LogP contribution in [0.4, 0.5) is 5.82 Å². The van der Waals surface area contributed by atoms with E-state index in [0.29, 0.717) is 21.5 Å². The van der Waals surface area contributed by atoms with Gasteiger partial charge in [-0.1, -0.05) is 23.2 Å². The largest absolute Gasteiger partial charge is 0.495 e. The number of nitrogens with zero attached hydrogens (tertiary/aromatic N) is 2. The molecule has 0 aliphatic carbocycles. The molecule has 0 atom stereocenters. The van der Waals surface area contributed by atoms with Gasteiger partial charge in [0.15, 0.2) is 0 Å². The molecule has 1 aromatic carbocycles. The Morgan fingerprint density at radius 2 is 2.00 bits per heavy atom. The first-order chi connectivity index (χ1) is 8.13. The predicted molar refractivity (Wildman–Crippen MR) is 68.5 cm³/mol. The maximum Gasteiger partial charge on any atom is 0.146 e. The molecule has 2 rings (SSSR count). The molecular formula is C11H9Cl2N3O. The van der Waals surface area contributed by atoms with E-state index in [1.165, 1.54) is 6.33 Å². The summed E-state index contributed by atoms with van der Waals surface area (Å²) in [7, 11) is 1.55. The summed E-state index contributed by atoms with van der Waals surface area (Å²) in [5, 5.41) is 0.798. The standard InChI is InChI=1S/C11H9Cl2N3O/c1-17-8-3-2-6(4-7(8)12)10-9(13)11(14)16-5-15-10/h2-5H,1H3,(H2,14,15,16). The summed E-state index contributed by atoms with van der Waals surface area (Å²) in [6.45, 7) is 0. The zero-order chi connectivity index (χ0) is 12.4. The lowest BCUT2D eigenvalue weighted by molar-refractivity contribution is 0.415. The molecule has 0 radical (unpaired) electrons. The van der Waals surface area contributed by atoms with Crippen molar-refractivity contribution in [2.75, 3.05) is 12.8 Å². The second kappa shape index (κ2) is 4.77. The normalized spacial score (nSPS) is 10.3. The highest BCUT2D eigenvalue weighted by molar-refractivity contribution is 6.35. The van der Waals surface area contributed by atoms with Crippen LogP contribution in [0.25, 0.3) is 11.3 Å². The molecule has 0 fully saturated rings. The average molecular weight is 270 g/mol. The van der Waals surface area contributed by atoms with E-state index in [1.807, 2.05) is 0 Å². The number of nitrogen functional groups attached to an aromatic ring is 1. The fourth-order valence-electron chi connectivity index (χ4n) is 1.40. The van der Waals surface area contributed by atoms with Crippen molar-refractivity contribution in [3.05, 3.63) is 34.6 Å². The summed E-state index contributed by atoms with van der Waals surface area (Å²) in [5.41, 5.74) is 6.92. The lowest BCUT2D eigenvalue weighted by atomic mass is 10.1. The van der Waals surface area contributed by atoms with Gasteiger partial charge < -0.3 is 10.5 Å². The number of methoxy groups -OCH3 is 1. The third-order valence-electron chi connectivity index (χ3n) is 2.24. The highest BCUT2D eigenvalue weighted by Crippen LogP contribution is 2.33. The van der Waals surface area contributed by atoms with Gasteiger partial charge in [-0.2, -0.15) is 0 Å². The van der Waals surface area contributed by atoms with Gasteiger partial charge in [0.25, 0.3) is 0 Å². The number of hydrogen-bond donors (Lipinski definition) is 1. The van der Waals surface area contributed by atoms with Crippen LogP contribution in [0, 0.1) is 0 Å². The van der Waals surface area contributed by atoms with E-state index in [1.54, 1.807) is 25.3 Å². The first-order valence-electron chi connectivity index (χ1n) is 4.73. The van der Waals surface area contributed by atoms with Crippen molar-refractivity contribution >= 4 is 29.0 Å². The van der Waals surface area contributed by atoms with Gasteiger partial charge in [0, 0.05) is 5.56 Å². The van der Waals surface area contributed by atoms with E-state index in [2.05, 4.69) is 9.97 Å². The minimum absolute atomic E-state index is 0.239. The fraction of sp³-hybridized carbons (Fsp3) is 0.0909. The molecule has 17 heavy (non-hydrogen) atoms. The van der Waals surface area contributed by atoms with E-state index < -0.39 is 0 Å². The van der Waals surface area contributed by atoms with E-state index >= 15 is 0 Å². The molecule has 1 aromatic heterocycles. The van der Waals surface area contributed by atoms with Crippen molar-refractivity contribution in [3.63, 3.8) is 0 Å². The molecule has 0 saturated heterocycles. The molecule has 1 heterocycles. The molecule has 2 aromatic rings. The molecule has 0 aliphatic rings. The number of hydrogen-bond acceptors (Lipinski definition) is 4. The Morgan fingerprint density at radius 3 is 2.65 bits per heavy atom. The van der Waals surface area contributed by atoms with Gasteiger partial charge in [-0.15, -0.1) is 0 Å². The number of halogens is 2. The molecule has 0 spiro atoms. The first-order valence-corrected chi connectivity index (χ1v) is 5.49. The van der Waals surface area contributed by atoms with Crippen molar-refractivity contribution in [2.45, 2.75) is 0 Å². The molecule has 0 amide bonds. The summed E-state index contributed by atoms with van der Waals surface area (Å²) in [5.74, 6) is 0.831. The van der Waals surface area contributed by atoms with Gasteiger partial charge in [0.05, 0.1) is 17.8 Å². The number of nitrogens with two attached hydrogens (primary N) is 1. The predicted octanol–water partition coefficient (Wildman–Crippen LogP) is 3.04. The van der Waals surface area contributed by atoms with Gasteiger partial charge in [-0.05, 0) is 18.2 Å². The van der Waals surface area contributed by atoms with E-state index in [-0.39, 0.29) is 5.82 Å². The van der Waals surface area contributed by atoms with Crippen molar-refractivity contribution in [2.24, 2.45) is 0 Å². The number of ether oxygens (including phenoxy) is 1. The van der Waals surface area contributed by atoms with Crippen molar-refractivity contribution < 1.29 is 4.74 Å². The Balaban J connectivity index is 2.54. The number of aromatic nitrogens is 2. The molecule has 0 saturated carbocycles. The molecule has 6 heteroatoms. The van der Waals surface area contributed by atoms with Crippen LogP contribution < -0.4 is 10.5 Å². The summed E-state index contributed by atoms with van der Waals surface area (Å²) >= 11 is 12.1. The van der Waals surface area contributed by atoms with Gasteiger partial charge in [-0.25, -0.2) is 9.97 Å². The van der Waals surface area contributed by atoms with Crippen LogP contribution in [-0.2, 0) is 0 Å². The zero-order valence-electron chi connectivity index (χ0n) is 8.95. The lowest BCUT2D eigenvalue weighted by Gasteiger charge is -2.07. The van der Waals surface area contributed by atoms with Crippen LogP contribution in [0.5, 0.6) is 5.75 Å². The molecular weight excluding hydrogens is 261 g/mol. The second-order valence-electron chi connectivity index (χ2n) is 3.27. The molecule has 2 N–H and O–H groups in total. The highest BCUT2D eigenvalue weighted by atomic mass is 35.5. The van der Waals surface area contributed by atoms with E-state index in [4.69, 9.17) is 33.7 Å². The van der Waals surface area contributed by atoms with Gasteiger partial charge in [0.1, 0.15) is 22.9 Å². The Labute approximate surface area is 108 Å². The third-order valence-corrected chi connectivity index (χ3v) is 2.91. The van der Waals surface area contributed by atoms with Crippen molar-refractivity contribution in [1.82, 2.24) is 9.97 Å². The molecule has 4 nitrogen and oxygen atoms in total. The summed E-state index contributed by atoms with van der Waals surface area (Å²) < 4.78 is 5.07. The minimum Gasteiger partial charge on any atom is -0.495 e. The minimum atomic E-state index is 0.239. The summed E-state index contributed by atoms with van der Waals surface area (Å²) in [4.78, 5) is 7.88. The Kier molecular flexibility index (Phi) is 3.36. The number of rotatable bonds is 2. The average Bonchev–Trinajstić information content (AvgIpc) is 2.32. The third kappa shape index (κ3) is 2.28. The summed E-state index contributed by atoms with van der Waals surface area (Å²) in [6.07, 6.45) is 1.36. The first kappa shape index (κ1) is 12.0. The Bertz CT molecular complexity index is 560. The number of anilines is 1. The Morgan fingerprint density at radius 1 is 1.24 bits per heavy atom. The van der Waals surface area contributed by atoms with Crippen LogP contribution in [0.3, 0.4) is 0 Å². The smallest absolute Gasteiger partial charge is 0.146 e. The van der Waals surface area contributed by atoms with Gasteiger partial charge in [-0.3, -0.25) is 0 Å². The van der Waals surface area contributed by atoms with Crippen molar-refractivity contribution in [1.29, 1.82) is 0 Å². The maximum absolute atomic E-state index is 6.03. The van der Waals surface area contributed by atoms with Crippen LogP contribution in [0.2, 0.25) is 10.0 Å². The van der Waals surface area contributed by atoms with Crippen molar-refractivity contribution in [3.8, 4) is 17.0 Å². The molecule has 0 bridgehead atoms. The zero-order valence-corrected chi connectivity index (χ0v) is 10.5. The highest BCUT2D eigenvalue weighted by Gasteiger charge is 2.10. The molecule has 0 unspecified atom stereocenters. The van der Waals surface area contributed by atoms with Gasteiger partial charge in [0.2, 0.25) is 0 Å². The van der Waals surface area contributed by atoms with Crippen LogP contribution in [0.1, 0.15) is 0 Å². The molecule has 0 aliphatic heterocycles. The topological polar surface area (TPSA) is 61.0 Å². The van der Waals surface area contributed by atoms with E-state index in [0.717, 1.165) is 5.56 Å². The molecule has 88 valence electrons. The Hall–Kier alpha value is -1.52. The summed E-state index contributed by atoms with van der Waals surface area (Å²) in [6, 6.07) is 5.26. The number of benzene rings is 1. The van der Waals surface area contributed by atoms with E-state index in [9.17, 15) is 0 Å². The quantitative estimate of drug-likeness (QED) is 0.911. The second-order valence-corrected chi connectivity index (χ2v) is 4.06. The lowest BCUT2D eigenvalue weighted by Crippen LogP contribution is -1.95. The van der Waals surface area contributed by atoms with Crippen LogP contribution in [-0.4, -0.2) is 17.1 Å². The SMILES string of the molecule is COc1ccc(-c2ncnc(N)c2Cl)cc1Cl. The van der Waals surface area contributed by atoms with Crippen LogP contribution >= 0.6 is 23.2 Å². The maximum atomic E-state index is 6.03. The monoisotopic (exact) mass is 269 g/mol. The fourth-order valence-corrected chi connectivity index (χ4v) is 1.86.